The number of nitro benzene ring substituents is 1. The molecule has 2 saturated heterocycles. The maximum atomic E-state index is 11.3. The lowest BCUT2D eigenvalue weighted by molar-refractivity contribution is -0.384. The molecule has 2 fully saturated rings. The number of nitrogens with zero attached hydrogens (tertiary/aromatic N) is 3. The molecule has 3 rings (SSSR count). The number of anilines is 1. The fourth-order valence-electron chi connectivity index (χ4n) is 4.02. The molecule has 2 heterocycles. The first-order valence-corrected chi connectivity index (χ1v) is 11.4. The van der Waals surface area contributed by atoms with Gasteiger partial charge in [-0.25, -0.2) is 13.1 Å². The fourth-order valence-corrected chi connectivity index (χ4v) is 4.51. The van der Waals surface area contributed by atoms with E-state index in [0.717, 1.165) is 56.5 Å². The Morgan fingerprint density at radius 3 is 2.61 bits per heavy atom. The van der Waals surface area contributed by atoms with Crippen LogP contribution in [0.5, 0.6) is 0 Å². The maximum Gasteiger partial charge on any atom is 0.269 e. The van der Waals surface area contributed by atoms with Crippen LogP contribution in [0.25, 0.3) is 0 Å². The van der Waals surface area contributed by atoms with Gasteiger partial charge >= 0.3 is 0 Å². The molecule has 1 unspecified atom stereocenters. The number of non-ortho nitro benzene ring substituents is 1. The van der Waals surface area contributed by atoms with Gasteiger partial charge in [-0.15, -0.1) is 0 Å². The molecule has 0 bridgehead atoms. The van der Waals surface area contributed by atoms with Crippen molar-refractivity contribution in [2.75, 3.05) is 50.5 Å². The number of aryl methyl sites for hydroxylation is 1. The molecule has 0 aliphatic carbocycles. The lowest BCUT2D eigenvalue weighted by atomic mass is 10.0. The van der Waals surface area contributed by atoms with Gasteiger partial charge in [-0.2, -0.15) is 0 Å². The van der Waals surface area contributed by atoms with Crippen molar-refractivity contribution in [3.8, 4) is 0 Å². The van der Waals surface area contributed by atoms with Crippen molar-refractivity contribution >= 4 is 21.4 Å². The molecule has 9 nitrogen and oxygen atoms in total. The molecule has 0 saturated carbocycles. The molecule has 2 aliphatic heterocycles. The van der Waals surface area contributed by atoms with Crippen LogP contribution in [-0.2, 0) is 14.8 Å². The van der Waals surface area contributed by atoms with Gasteiger partial charge in [0.1, 0.15) is 0 Å². The van der Waals surface area contributed by atoms with E-state index in [9.17, 15) is 18.5 Å². The molecular weight excluding hydrogens is 384 g/mol. The minimum absolute atomic E-state index is 0.123. The number of nitrogens with one attached hydrogen (secondary N) is 1. The number of hydrogen-bond donors (Lipinski definition) is 1. The summed E-state index contributed by atoms with van der Waals surface area (Å²) in [6.45, 7) is 6.20. The molecule has 28 heavy (non-hydrogen) atoms. The summed E-state index contributed by atoms with van der Waals surface area (Å²) in [6, 6.07) is 5.48. The number of ether oxygens (including phenoxy) is 1. The molecule has 1 aromatic rings. The third-order valence-corrected chi connectivity index (χ3v) is 6.15. The Hall–Kier alpha value is -1.75. The fraction of sp³-hybridized carbons (Fsp3) is 0.667. The molecule has 0 aromatic heterocycles. The number of rotatable bonds is 6. The van der Waals surface area contributed by atoms with E-state index in [1.807, 2.05) is 13.0 Å². The number of sulfonamides is 1. The van der Waals surface area contributed by atoms with E-state index in [-0.39, 0.29) is 16.7 Å². The molecular formula is C18H28N4O5S. The second-order valence-electron chi connectivity index (χ2n) is 7.55. The van der Waals surface area contributed by atoms with Crippen LogP contribution in [0.3, 0.4) is 0 Å². The van der Waals surface area contributed by atoms with Gasteiger partial charge in [0, 0.05) is 56.6 Å². The van der Waals surface area contributed by atoms with Crippen LogP contribution < -0.4 is 9.62 Å². The summed E-state index contributed by atoms with van der Waals surface area (Å²) in [6.07, 6.45) is 3.04. The monoisotopic (exact) mass is 412 g/mol. The van der Waals surface area contributed by atoms with Crippen molar-refractivity contribution in [2.45, 2.75) is 31.9 Å². The van der Waals surface area contributed by atoms with Gasteiger partial charge in [0.25, 0.3) is 5.69 Å². The van der Waals surface area contributed by atoms with Gasteiger partial charge in [-0.1, -0.05) is 0 Å². The summed E-state index contributed by atoms with van der Waals surface area (Å²) >= 11 is 0. The van der Waals surface area contributed by atoms with Crippen LogP contribution in [0.4, 0.5) is 11.4 Å². The summed E-state index contributed by atoms with van der Waals surface area (Å²) in [5.74, 6) is 0. The van der Waals surface area contributed by atoms with E-state index in [4.69, 9.17) is 4.74 Å². The molecule has 10 heteroatoms. The molecule has 156 valence electrons. The minimum atomic E-state index is -3.21. The Morgan fingerprint density at radius 2 is 2.00 bits per heavy atom. The van der Waals surface area contributed by atoms with Crippen LogP contribution in [-0.4, -0.2) is 76.0 Å². The van der Waals surface area contributed by atoms with Crippen molar-refractivity contribution in [3.63, 3.8) is 0 Å². The highest BCUT2D eigenvalue weighted by Crippen LogP contribution is 2.28. The van der Waals surface area contributed by atoms with Crippen LogP contribution in [0.2, 0.25) is 0 Å². The van der Waals surface area contributed by atoms with E-state index in [2.05, 4.69) is 14.5 Å². The first-order valence-electron chi connectivity index (χ1n) is 9.53. The van der Waals surface area contributed by atoms with Crippen molar-refractivity contribution in [2.24, 2.45) is 0 Å². The van der Waals surface area contributed by atoms with Gasteiger partial charge < -0.3 is 9.64 Å². The SMILES string of the molecule is Cc1cc([N+](=O)[O-])ccc1N1CCC(N2CCOC(CNS(C)(=O)=O)C2)CC1. The molecule has 0 radical (unpaired) electrons. The summed E-state index contributed by atoms with van der Waals surface area (Å²) in [7, 11) is -3.21. The van der Waals surface area contributed by atoms with Crippen molar-refractivity contribution in [3.05, 3.63) is 33.9 Å². The normalized spacial score (nSPS) is 22.4. The summed E-state index contributed by atoms with van der Waals surface area (Å²) in [5.41, 5.74) is 2.10. The first kappa shape index (κ1) is 21.0. The van der Waals surface area contributed by atoms with Gasteiger partial charge in [-0.05, 0) is 31.4 Å². The van der Waals surface area contributed by atoms with Crippen molar-refractivity contribution in [1.29, 1.82) is 0 Å². The van der Waals surface area contributed by atoms with Crippen LogP contribution in [0.15, 0.2) is 18.2 Å². The quantitative estimate of drug-likeness (QED) is 0.551. The molecule has 2 aliphatic rings. The van der Waals surface area contributed by atoms with E-state index in [0.29, 0.717) is 19.2 Å². The van der Waals surface area contributed by atoms with Crippen LogP contribution in [0.1, 0.15) is 18.4 Å². The lowest BCUT2D eigenvalue weighted by Crippen LogP contribution is -2.53. The van der Waals surface area contributed by atoms with Crippen molar-refractivity contribution < 1.29 is 18.1 Å². The number of piperidine rings is 1. The van der Waals surface area contributed by atoms with Crippen molar-refractivity contribution in [1.82, 2.24) is 9.62 Å². The molecule has 1 atom stereocenters. The Bertz CT molecular complexity index is 808. The molecule has 1 aromatic carbocycles. The molecule has 0 amide bonds. The zero-order valence-corrected chi connectivity index (χ0v) is 17.2. The van der Waals surface area contributed by atoms with E-state index >= 15 is 0 Å². The Kier molecular flexibility index (Phi) is 6.54. The molecule has 1 N–H and O–H groups in total. The Labute approximate surface area is 165 Å². The second kappa shape index (κ2) is 8.73. The zero-order valence-electron chi connectivity index (χ0n) is 16.3. The first-order chi connectivity index (χ1) is 13.2. The summed E-state index contributed by atoms with van der Waals surface area (Å²) in [5, 5.41) is 10.9. The second-order valence-corrected chi connectivity index (χ2v) is 9.39. The predicted molar refractivity (Wildman–Crippen MR) is 107 cm³/mol. The lowest BCUT2D eigenvalue weighted by Gasteiger charge is -2.43. The third-order valence-electron chi connectivity index (χ3n) is 5.46. The highest BCUT2D eigenvalue weighted by molar-refractivity contribution is 7.88. The highest BCUT2D eigenvalue weighted by atomic mass is 32.2. The number of morpholine rings is 1. The Morgan fingerprint density at radius 1 is 1.29 bits per heavy atom. The standard InChI is InChI=1S/C18H28N4O5S/c1-14-11-16(22(23)24)3-4-18(14)20-7-5-15(6-8-20)21-9-10-27-17(13-21)12-19-28(2,25)26/h3-4,11,15,17,19H,5-10,12-13H2,1-2H3. The van der Waals surface area contributed by atoms with Gasteiger partial charge in [-0.3, -0.25) is 15.0 Å². The predicted octanol–water partition coefficient (Wildman–Crippen LogP) is 1.12. The van der Waals surface area contributed by atoms with E-state index in [1.165, 1.54) is 0 Å². The van der Waals surface area contributed by atoms with Gasteiger partial charge in [0.15, 0.2) is 0 Å². The highest BCUT2D eigenvalue weighted by Gasteiger charge is 2.30. The summed E-state index contributed by atoms with van der Waals surface area (Å²) < 4.78 is 30.8. The molecule has 0 spiro atoms. The maximum absolute atomic E-state index is 11.3. The smallest absolute Gasteiger partial charge is 0.269 e. The van der Waals surface area contributed by atoms with E-state index in [1.54, 1.807) is 12.1 Å². The third kappa shape index (κ3) is 5.40. The largest absolute Gasteiger partial charge is 0.374 e. The van der Waals surface area contributed by atoms with Gasteiger partial charge in [0.2, 0.25) is 10.0 Å². The van der Waals surface area contributed by atoms with Crippen LogP contribution in [0, 0.1) is 17.0 Å². The summed E-state index contributed by atoms with van der Waals surface area (Å²) in [4.78, 5) is 15.3. The van der Waals surface area contributed by atoms with E-state index < -0.39 is 10.0 Å². The topological polar surface area (TPSA) is 105 Å². The zero-order chi connectivity index (χ0) is 20.3. The average Bonchev–Trinajstić information content (AvgIpc) is 2.66. The Balaban J connectivity index is 1.54. The van der Waals surface area contributed by atoms with Crippen LogP contribution >= 0.6 is 0 Å². The number of benzene rings is 1. The number of hydrogen-bond acceptors (Lipinski definition) is 7. The minimum Gasteiger partial charge on any atom is -0.374 e. The average molecular weight is 413 g/mol. The van der Waals surface area contributed by atoms with Gasteiger partial charge in [0.05, 0.1) is 23.9 Å². The number of nitro groups is 1.